The second-order valence-corrected chi connectivity index (χ2v) is 3.12. The van der Waals surface area contributed by atoms with Crippen molar-refractivity contribution < 1.29 is 9.21 Å². The lowest BCUT2D eigenvalue weighted by atomic mass is 10.2. The lowest BCUT2D eigenvalue weighted by Crippen LogP contribution is -2.26. The van der Waals surface area contributed by atoms with Gasteiger partial charge in [-0.2, -0.15) is 0 Å². The Morgan fingerprint density at radius 2 is 2.42 bits per heavy atom. The molecule has 1 N–H and O–H groups in total. The topological polar surface area (TPSA) is 42.2 Å². The fraction of sp³-hybridized carbons (Fsp3) is 0.444. The lowest BCUT2D eigenvalue weighted by Gasteiger charge is -2.05. The van der Waals surface area contributed by atoms with Crippen LogP contribution < -0.4 is 5.32 Å². The van der Waals surface area contributed by atoms with Gasteiger partial charge in [-0.1, -0.05) is 13.8 Å². The first-order valence-electron chi connectivity index (χ1n) is 4.00. The molecule has 1 aromatic heterocycles. The molecule has 0 aliphatic rings. The highest BCUT2D eigenvalue weighted by Crippen LogP contribution is 1.99. The van der Waals surface area contributed by atoms with E-state index in [1.54, 1.807) is 6.07 Å². The molecule has 3 nitrogen and oxygen atoms in total. The average Bonchev–Trinajstić information content (AvgIpc) is 2.51. The Balaban J connectivity index is 2.40. The fourth-order valence-corrected chi connectivity index (χ4v) is 0.793. The zero-order chi connectivity index (χ0) is 8.97. The fourth-order valence-electron chi connectivity index (χ4n) is 0.793. The molecule has 0 aromatic carbocycles. The second-order valence-electron chi connectivity index (χ2n) is 3.12. The van der Waals surface area contributed by atoms with E-state index in [-0.39, 0.29) is 5.91 Å². The summed E-state index contributed by atoms with van der Waals surface area (Å²) in [4.78, 5) is 11.2. The Morgan fingerprint density at radius 3 is 2.92 bits per heavy atom. The van der Waals surface area contributed by atoms with Crippen molar-refractivity contribution in [1.29, 1.82) is 0 Å². The molecule has 0 radical (unpaired) electrons. The molecule has 0 saturated carbocycles. The SMILES string of the molecule is CC(C)CNC(=O)c1ccoc1. The highest BCUT2D eigenvalue weighted by atomic mass is 16.3. The minimum absolute atomic E-state index is 0.0718. The number of carbonyl (C=O) groups is 1. The van der Waals surface area contributed by atoms with Gasteiger partial charge in [-0.05, 0) is 12.0 Å². The molecular formula is C9H13NO2. The summed E-state index contributed by atoms with van der Waals surface area (Å²) in [5, 5.41) is 2.79. The van der Waals surface area contributed by atoms with Crippen LogP contribution in [0.3, 0.4) is 0 Å². The molecule has 3 heteroatoms. The third kappa shape index (κ3) is 2.42. The maximum Gasteiger partial charge on any atom is 0.254 e. The molecule has 66 valence electrons. The standard InChI is InChI=1S/C9H13NO2/c1-7(2)5-10-9(11)8-3-4-12-6-8/h3-4,6-7H,5H2,1-2H3,(H,10,11). The Kier molecular flexibility index (Phi) is 2.91. The zero-order valence-corrected chi connectivity index (χ0v) is 7.33. The van der Waals surface area contributed by atoms with E-state index in [1.165, 1.54) is 12.5 Å². The number of nitrogens with one attached hydrogen (secondary N) is 1. The molecule has 0 aliphatic heterocycles. The van der Waals surface area contributed by atoms with Crippen molar-refractivity contribution in [2.45, 2.75) is 13.8 Å². The van der Waals surface area contributed by atoms with Crippen LogP contribution >= 0.6 is 0 Å². The first kappa shape index (κ1) is 8.84. The summed E-state index contributed by atoms with van der Waals surface area (Å²) < 4.78 is 4.78. The normalized spacial score (nSPS) is 10.2. The summed E-state index contributed by atoms with van der Waals surface area (Å²) in [5.41, 5.74) is 0.579. The Hall–Kier alpha value is -1.25. The molecule has 0 saturated heterocycles. The summed E-state index contributed by atoms with van der Waals surface area (Å²) in [5.74, 6) is 0.401. The zero-order valence-electron chi connectivity index (χ0n) is 7.33. The van der Waals surface area contributed by atoms with Crippen LogP contribution in [0.1, 0.15) is 24.2 Å². The number of carbonyl (C=O) groups excluding carboxylic acids is 1. The third-order valence-electron chi connectivity index (χ3n) is 1.45. The van der Waals surface area contributed by atoms with Crippen molar-refractivity contribution in [3.8, 4) is 0 Å². The summed E-state index contributed by atoms with van der Waals surface area (Å²) in [7, 11) is 0. The van der Waals surface area contributed by atoms with Gasteiger partial charge < -0.3 is 9.73 Å². The van der Waals surface area contributed by atoms with Gasteiger partial charge in [-0.3, -0.25) is 4.79 Å². The number of hydrogen-bond acceptors (Lipinski definition) is 2. The quantitative estimate of drug-likeness (QED) is 0.744. The second kappa shape index (κ2) is 3.95. The largest absolute Gasteiger partial charge is 0.472 e. The average molecular weight is 167 g/mol. The van der Waals surface area contributed by atoms with Gasteiger partial charge in [0.15, 0.2) is 0 Å². The van der Waals surface area contributed by atoms with Crippen molar-refractivity contribution in [1.82, 2.24) is 5.32 Å². The molecule has 1 rings (SSSR count). The van der Waals surface area contributed by atoms with E-state index >= 15 is 0 Å². The van der Waals surface area contributed by atoms with E-state index in [2.05, 4.69) is 19.2 Å². The van der Waals surface area contributed by atoms with Crippen molar-refractivity contribution in [2.24, 2.45) is 5.92 Å². The minimum atomic E-state index is -0.0718. The highest BCUT2D eigenvalue weighted by molar-refractivity contribution is 5.93. The molecule has 1 heterocycles. The van der Waals surface area contributed by atoms with Gasteiger partial charge in [0.1, 0.15) is 6.26 Å². The first-order valence-corrected chi connectivity index (χ1v) is 4.00. The van der Waals surface area contributed by atoms with Crippen LogP contribution in [-0.4, -0.2) is 12.5 Å². The molecule has 0 fully saturated rings. The maximum atomic E-state index is 11.2. The van der Waals surface area contributed by atoms with E-state index in [0.717, 1.165) is 0 Å². The van der Waals surface area contributed by atoms with Crippen LogP contribution in [0, 0.1) is 5.92 Å². The Morgan fingerprint density at radius 1 is 1.67 bits per heavy atom. The van der Waals surface area contributed by atoms with Gasteiger partial charge in [-0.25, -0.2) is 0 Å². The Bertz CT molecular complexity index is 239. The van der Waals surface area contributed by atoms with E-state index in [9.17, 15) is 4.79 Å². The summed E-state index contributed by atoms with van der Waals surface area (Å²) in [6.45, 7) is 4.80. The van der Waals surface area contributed by atoms with Crippen LogP contribution in [0.15, 0.2) is 23.0 Å². The molecule has 0 aliphatic carbocycles. The van der Waals surface area contributed by atoms with Gasteiger partial charge in [-0.15, -0.1) is 0 Å². The van der Waals surface area contributed by atoms with E-state index in [4.69, 9.17) is 4.42 Å². The van der Waals surface area contributed by atoms with Gasteiger partial charge in [0.05, 0.1) is 11.8 Å². The summed E-state index contributed by atoms with van der Waals surface area (Å²) in [6.07, 6.45) is 2.93. The lowest BCUT2D eigenvalue weighted by molar-refractivity contribution is 0.0948. The molecule has 0 bridgehead atoms. The van der Waals surface area contributed by atoms with Crippen LogP contribution in [0.2, 0.25) is 0 Å². The van der Waals surface area contributed by atoms with Crippen LogP contribution in [0.4, 0.5) is 0 Å². The summed E-state index contributed by atoms with van der Waals surface area (Å²) in [6, 6.07) is 1.65. The molecule has 12 heavy (non-hydrogen) atoms. The van der Waals surface area contributed by atoms with E-state index in [0.29, 0.717) is 18.0 Å². The predicted molar refractivity (Wildman–Crippen MR) is 45.9 cm³/mol. The van der Waals surface area contributed by atoms with Crippen LogP contribution in [0.5, 0.6) is 0 Å². The van der Waals surface area contributed by atoms with Crippen LogP contribution in [-0.2, 0) is 0 Å². The number of furan rings is 1. The van der Waals surface area contributed by atoms with Crippen LogP contribution in [0.25, 0.3) is 0 Å². The molecular weight excluding hydrogens is 154 g/mol. The van der Waals surface area contributed by atoms with Gasteiger partial charge in [0, 0.05) is 6.54 Å². The van der Waals surface area contributed by atoms with Gasteiger partial charge in [0.2, 0.25) is 0 Å². The monoisotopic (exact) mass is 167 g/mol. The van der Waals surface area contributed by atoms with Gasteiger partial charge in [0.25, 0.3) is 5.91 Å². The smallest absolute Gasteiger partial charge is 0.254 e. The maximum absolute atomic E-state index is 11.2. The van der Waals surface area contributed by atoms with Crippen molar-refractivity contribution in [3.63, 3.8) is 0 Å². The van der Waals surface area contributed by atoms with E-state index in [1.807, 2.05) is 0 Å². The molecule has 0 atom stereocenters. The number of hydrogen-bond donors (Lipinski definition) is 1. The minimum Gasteiger partial charge on any atom is -0.472 e. The molecule has 1 amide bonds. The van der Waals surface area contributed by atoms with Crippen molar-refractivity contribution in [2.75, 3.05) is 6.54 Å². The van der Waals surface area contributed by atoms with E-state index < -0.39 is 0 Å². The first-order chi connectivity index (χ1) is 5.70. The predicted octanol–water partition coefficient (Wildman–Crippen LogP) is 1.67. The molecule has 0 spiro atoms. The number of amides is 1. The summed E-state index contributed by atoms with van der Waals surface area (Å²) >= 11 is 0. The third-order valence-corrected chi connectivity index (χ3v) is 1.45. The number of rotatable bonds is 3. The molecule has 0 unspecified atom stereocenters. The van der Waals surface area contributed by atoms with Crippen molar-refractivity contribution >= 4 is 5.91 Å². The Labute approximate surface area is 71.8 Å². The molecule has 1 aromatic rings. The van der Waals surface area contributed by atoms with Gasteiger partial charge >= 0.3 is 0 Å². The highest BCUT2D eigenvalue weighted by Gasteiger charge is 2.05. The van der Waals surface area contributed by atoms with Crippen molar-refractivity contribution in [3.05, 3.63) is 24.2 Å².